The normalized spacial score (nSPS) is 13.7. The number of amides is 1. The molecule has 0 N–H and O–H groups in total. The van der Waals surface area contributed by atoms with Crippen LogP contribution in [0.3, 0.4) is 0 Å². The van der Waals surface area contributed by atoms with Crippen LogP contribution in [-0.2, 0) is 17.9 Å². The van der Waals surface area contributed by atoms with E-state index in [1.807, 2.05) is 25.2 Å². The molecule has 2 aromatic carbocycles. The number of halogens is 1. The number of carbonyl (C=O) groups is 1. The highest BCUT2D eigenvalue weighted by atomic mass is 79.9. The quantitative estimate of drug-likeness (QED) is 0.551. The van der Waals surface area contributed by atoms with Crippen LogP contribution >= 0.6 is 15.9 Å². The SMILES string of the molecule is CN(Cc1ccccc1N1CCCC1)C(=O)CCn1cnc2ccc(Br)cc2c1=O. The van der Waals surface area contributed by atoms with Crippen LogP contribution in [-0.4, -0.2) is 40.5 Å². The molecule has 1 aliphatic heterocycles. The van der Waals surface area contributed by atoms with E-state index in [0.717, 1.165) is 23.1 Å². The molecule has 1 aromatic heterocycles. The molecule has 1 saturated heterocycles. The van der Waals surface area contributed by atoms with Crippen molar-refractivity contribution in [2.24, 2.45) is 0 Å². The van der Waals surface area contributed by atoms with Gasteiger partial charge in [-0.25, -0.2) is 4.98 Å². The lowest BCUT2D eigenvalue weighted by atomic mass is 10.1. The van der Waals surface area contributed by atoms with Crippen LogP contribution in [0, 0.1) is 0 Å². The van der Waals surface area contributed by atoms with E-state index in [1.165, 1.54) is 29.4 Å². The van der Waals surface area contributed by atoms with Crippen LogP contribution in [0.15, 0.2) is 58.1 Å². The molecule has 156 valence electrons. The fourth-order valence-electron chi connectivity index (χ4n) is 3.95. The van der Waals surface area contributed by atoms with E-state index in [1.54, 1.807) is 11.0 Å². The summed E-state index contributed by atoms with van der Waals surface area (Å²) in [6.07, 6.45) is 4.21. The summed E-state index contributed by atoms with van der Waals surface area (Å²) >= 11 is 3.39. The zero-order chi connectivity index (χ0) is 21.1. The highest BCUT2D eigenvalue weighted by molar-refractivity contribution is 9.10. The first-order chi connectivity index (χ1) is 14.5. The van der Waals surface area contributed by atoms with Crippen LogP contribution in [0.1, 0.15) is 24.8 Å². The van der Waals surface area contributed by atoms with E-state index in [0.29, 0.717) is 24.0 Å². The van der Waals surface area contributed by atoms with Crippen molar-refractivity contribution in [3.63, 3.8) is 0 Å². The van der Waals surface area contributed by atoms with Gasteiger partial charge < -0.3 is 9.80 Å². The molecule has 30 heavy (non-hydrogen) atoms. The van der Waals surface area contributed by atoms with E-state index >= 15 is 0 Å². The number of nitrogens with zero attached hydrogens (tertiary/aromatic N) is 4. The molecule has 0 aliphatic carbocycles. The van der Waals surface area contributed by atoms with Crippen LogP contribution in [0.25, 0.3) is 10.9 Å². The van der Waals surface area contributed by atoms with Gasteiger partial charge in [-0.3, -0.25) is 14.2 Å². The van der Waals surface area contributed by atoms with Gasteiger partial charge in [0.2, 0.25) is 5.91 Å². The molecule has 0 radical (unpaired) electrons. The number of hydrogen-bond acceptors (Lipinski definition) is 4. The van der Waals surface area contributed by atoms with Crippen molar-refractivity contribution in [1.29, 1.82) is 0 Å². The minimum atomic E-state index is -0.129. The average molecular weight is 469 g/mol. The number of rotatable bonds is 6. The van der Waals surface area contributed by atoms with Crippen molar-refractivity contribution in [3.05, 3.63) is 69.2 Å². The first kappa shape index (κ1) is 20.6. The molecule has 1 aliphatic rings. The summed E-state index contributed by atoms with van der Waals surface area (Å²) in [5.74, 6) is 0.00691. The largest absolute Gasteiger partial charge is 0.371 e. The van der Waals surface area contributed by atoms with Crippen LogP contribution in [0.2, 0.25) is 0 Å². The predicted molar refractivity (Wildman–Crippen MR) is 123 cm³/mol. The lowest BCUT2D eigenvalue weighted by molar-refractivity contribution is -0.130. The Morgan fingerprint density at radius 3 is 2.73 bits per heavy atom. The summed E-state index contributed by atoms with van der Waals surface area (Å²) in [6.45, 7) is 3.01. The van der Waals surface area contributed by atoms with Gasteiger partial charge in [0.05, 0.1) is 17.2 Å². The summed E-state index contributed by atoms with van der Waals surface area (Å²) in [7, 11) is 1.82. The minimum absolute atomic E-state index is 0.00691. The molecule has 0 atom stereocenters. The number of hydrogen-bond donors (Lipinski definition) is 0. The van der Waals surface area contributed by atoms with Crippen molar-refractivity contribution in [1.82, 2.24) is 14.5 Å². The molecule has 1 fully saturated rings. The Balaban J connectivity index is 1.43. The topological polar surface area (TPSA) is 58.4 Å². The monoisotopic (exact) mass is 468 g/mol. The first-order valence-electron chi connectivity index (χ1n) is 10.2. The smallest absolute Gasteiger partial charge is 0.261 e. The van der Waals surface area contributed by atoms with Crippen LogP contribution < -0.4 is 10.5 Å². The lowest BCUT2D eigenvalue weighted by Gasteiger charge is -2.24. The Hall–Kier alpha value is -2.67. The van der Waals surface area contributed by atoms with Gasteiger partial charge in [-0.05, 0) is 42.7 Å². The van der Waals surface area contributed by atoms with Gasteiger partial charge in [-0.2, -0.15) is 0 Å². The fraction of sp³-hybridized carbons (Fsp3) is 0.348. The second kappa shape index (κ2) is 9.00. The predicted octanol–water partition coefficient (Wildman–Crippen LogP) is 3.81. The van der Waals surface area contributed by atoms with Gasteiger partial charge in [0, 0.05) is 49.8 Å². The molecule has 3 aromatic rings. The van der Waals surface area contributed by atoms with Gasteiger partial charge in [0.1, 0.15) is 0 Å². The van der Waals surface area contributed by atoms with Crippen molar-refractivity contribution in [2.45, 2.75) is 32.4 Å². The highest BCUT2D eigenvalue weighted by Gasteiger charge is 2.18. The van der Waals surface area contributed by atoms with E-state index in [9.17, 15) is 9.59 Å². The molecular weight excluding hydrogens is 444 g/mol. The van der Waals surface area contributed by atoms with Crippen LogP contribution in [0.4, 0.5) is 5.69 Å². The third-order valence-corrected chi connectivity index (χ3v) is 6.12. The summed E-state index contributed by atoms with van der Waals surface area (Å²) in [6, 6.07) is 13.7. The molecule has 7 heteroatoms. The molecule has 6 nitrogen and oxygen atoms in total. The van der Waals surface area contributed by atoms with E-state index < -0.39 is 0 Å². The molecule has 0 bridgehead atoms. The number of anilines is 1. The Kier molecular flexibility index (Phi) is 6.18. The summed E-state index contributed by atoms with van der Waals surface area (Å²) in [5, 5.41) is 0.548. The van der Waals surface area contributed by atoms with Gasteiger partial charge >= 0.3 is 0 Å². The van der Waals surface area contributed by atoms with Gasteiger partial charge in [0.15, 0.2) is 0 Å². The number of para-hydroxylation sites is 1. The lowest BCUT2D eigenvalue weighted by Crippen LogP contribution is -2.30. The number of carbonyl (C=O) groups excluding carboxylic acids is 1. The Morgan fingerprint density at radius 1 is 1.17 bits per heavy atom. The second-order valence-corrected chi connectivity index (χ2v) is 8.64. The molecule has 0 saturated carbocycles. The average Bonchev–Trinajstić information content (AvgIpc) is 3.28. The van der Waals surface area contributed by atoms with Crippen molar-refractivity contribution in [3.8, 4) is 0 Å². The first-order valence-corrected chi connectivity index (χ1v) is 11.0. The number of benzene rings is 2. The van der Waals surface area contributed by atoms with E-state index in [4.69, 9.17) is 0 Å². The molecule has 1 amide bonds. The number of aromatic nitrogens is 2. The number of aryl methyl sites for hydroxylation is 1. The molecule has 4 rings (SSSR count). The van der Waals surface area contributed by atoms with E-state index in [-0.39, 0.29) is 17.9 Å². The Labute approximate surface area is 184 Å². The standard InChI is InChI=1S/C23H25BrN4O2/c1-26(15-17-6-2-3-7-21(17)27-11-4-5-12-27)22(29)10-13-28-16-25-20-9-8-18(24)14-19(20)23(28)30/h2-3,6-9,14,16H,4-5,10-13,15H2,1H3. The molecule has 0 unspecified atom stereocenters. The Bertz CT molecular complexity index is 1120. The minimum Gasteiger partial charge on any atom is -0.371 e. The fourth-order valence-corrected chi connectivity index (χ4v) is 4.31. The molecular formula is C23H25BrN4O2. The molecule has 2 heterocycles. The van der Waals surface area contributed by atoms with Crippen molar-refractivity contribution < 1.29 is 4.79 Å². The zero-order valence-corrected chi connectivity index (χ0v) is 18.6. The van der Waals surface area contributed by atoms with Crippen molar-refractivity contribution in [2.75, 3.05) is 25.0 Å². The van der Waals surface area contributed by atoms with Crippen molar-refractivity contribution >= 4 is 38.4 Å². The van der Waals surface area contributed by atoms with Gasteiger partial charge in [-0.1, -0.05) is 34.1 Å². The number of fused-ring (bicyclic) bond motifs is 1. The van der Waals surface area contributed by atoms with E-state index in [2.05, 4.69) is 44.0 Å². The zero-order valence-electron chi connectivity index (χ0n) is 17.1. The van der Waals surface area contributed by atoms with Crippen LogP contribution in [0.5, 0.6) is 0 Å². The maximum absolute atomic E-state index is 12.8. The van der Waals surface area contributed by atoms with Gasteiger partial charge in [-0.15, -0.1) is 0 Å². The third kappa shape index (κ3) is 4.41. The molecule has 0 spiro atoms. The maximum atomic E-state index is 12.8. The summed E-state index contributed by atoms with van der Waals surface area (Å²) < 4.78 is 2.35. The Morgan fingerprint density at radius 2 is 1.93 bits per heavy atom. The third-order valence-electron chi connectivity index (χ3n) is 5.62. The second-order valence-electron chi connectivity index (χ2n) is 7.73. The summed E-state index contributed by atoms with van der Waals surface area (Å²) in [4.78, 5) is 33.9. The van der Waals surface area contributed by atoms with Gasteiger partial charge in [0.25, 0.3) is 5.56 Å². The highest BCUT2D eigenvalue weighted by Crippen LogP contribution is 2.25. The maximum Gasteiger partial charge on any atom is 0.261 e. The summed E-state index contributed by atoms with van der Waals surface area (Å²) in [5.41, 5.74) is 2.90.